The predicted molar refractivity (Wildman–Crippen MR) is 68.4 cm³/mol. The second-order valence-corrected chi connectivity index (χ2v) is 4.85. The molecule has 0 aromatic rings. The van der Waals surface area contributed by atoms with Crippen LogP contribution in [0, 0.1) is 5.92 Å². The molecular weight excluding hydrogens is 200 g/mol. The highest BCUT2D eigenvalue weighted by Gasteiger charge is 2.15. The van der Waals surface area contributed by atoms with Crippen LogP contribution >= 0.6 is 0 Å². The van der Waals surface area contributed by atoms with E-state index in [0.29, 0.717) is 0 Å². The Kier molecular flexibility index (Phi) is 9.36. The molecule has 0 aromatic heterocycles. The molecule has 2 nitrogen and oxygen atoms in total. The maximum atomic E-state index is 11.5. The highest BCUT2D eigenvalue weighted by Crippen LogP contribution is 2.14. The number of ether oxygens (including phenoxy) is 1. The van der Waals surface area contributed by atoms with Gasteiger partial charge in [0, 0.05) is 0 Å². The molecule has 16 heavy (non-hydrogen) atoms. The molecule has 0 rings (SSSR count). The van der Waals surface area contributed by atoms with Crippen molar-refractivity contribution in [1.82, 2.24) is 0 Å². The molecule has 0 aliphatic heterocycles. The number of rotatable bonds is 9. The Morgan fingerprint density at radius 2 is 1.69 bits per heavy atom. The predicted octanol–water partition coefficient (Wildman–Crippen LogP) is 4.32. The van der Waals surface area contributed by atoms with Crippen LogP contribution in [0.4, 0.5) is 0 Å². The second kappa shape index (κ2) is 9.68. The van der Waals surface area contributed by atoms with Gasteiger partial charge in [-0.3, -0.25) is 4.79 Å². The van der Waals surface area contributed by atoms with Crippen LogP contribution < -0.4 is 0 Å². The molecule has 0 saturated carbocycles. The van der Waals surface area contributed by atoms with Gasteiger partial charge in [0.2, 0.25) is 0 Å². The minimum absolute atomic E-state index is 0.00463. The van der Waals surface area contributed by atoms with E-state index in [-0.39, 0.29) is 18.0 Å². The van der Waals surface area contributed by atoms with E-state index < -0.39 is 0 Å². The van der Waals surface area contributed by atoms with Gasteiger partial charge in [0.05, 0.1) is 5.92 Å². The van der Waals surface area contributed by atoms with Crippen LogP contribution in [-0.4, -0.2) is 12.1 Å². The standard InChI is InChI=1S/C14H28O2/c1-5-7-8-9-11-13(10-6-2)16-14(15)12(3)4/h12-13H,5-11H2,1-4H3. The molecule has 1 unspecified atom stereocenters. The molecule has 0 heterocycles. The van der Waals surface area contributed by atoms with E-state index in [4.69, 9.17) is 4.74 Å². The molecule has 0 bridgehead atoms. The highest BCUT2D eigenvalue weighted by atomic mass is 16.5. The van der Waals surface area contributed by atoms with E-state index >= 15 is 0 Å². The molecule has 0 aliphatic rings. The van der Waals surface area contributed by atoms with Gasteiger partial charge in [-0.15, -0.1) is 0 Å². The molecule has 2 heteroatoms. The van der Waals surface area contributed by atoms with Crippen LogP contribution in [0.15, 0.2) is 0 Å². The summed E-state index contributed by atoms with van der Waals surface area (Å²) >= 11 is 0. The summed E-state index contributed by atoms with van der Waals surface area (Å²) < 4.78 is 5.49. The molecule has 0 N–H and O–H groups in total. The Labute approximate surface area is 101 Å². The molecule has 0 aromatic carbocycles. The smallest absolute Gasteiger partial charge is 0.308 e. The van der Waals surface area contributed by atoms with Gasteiger partial charge >= 0.3 is 5.97 Å². The van der Waals surface area contributed by atoms with Crippen molar-refractivity contribution in [2.24, 2.45) is 5.92 Å². The van der Waals surface area contributed by atoms with Crippen molar-refractivity contribution in [3.05, 3.63) is 0 Å². The van der Waals surface area contributed by atoms with Crippen molar-refractivity contribution in [3.63, 3.8) is 0 Å². The van der Waals surface area contributed by atoms with Gasteiger partial charge in [-0.2, -0.15) is 0 Å². The monoisotopic (exact) mass is 228 g/mol. The molecule has 96 valence electrons. The first-order valence-corrected chi connectivity index (χ1v) is 6.82. The topological polar surface area (TPSA) is 26.3 Å². The summed E-state index contributed by atoms with van der Waals surface area (Å²) in [5.41, 5.74) is 0. The van der Waals surface area contributed by atoms with Gasteiger partial charge in [-0.25, -0.2) is 0 Å². The van der Waals surface area contributed by atoms with Crippen molar-refractivity contribution >= 4 is 5.97 Å². The summed E-state index contributed by atoms with van der Waals surface area (Å²) in [6.45, 7) is 8.13. The Bertz CT molecular complexity index is 176. The van der Waals surface area contributed by atoms with E-state index in [1.807, 2.05) is 13.8 Å². The van der Waals surface area contributed by atoms with E-state index in [1.54, 1.807) is 0 Å². The molecule has 0 fully saturated rings. The van der Waals surface area contributed by atoms with Gasteiger partial charge < -0.3 is 4.74 Å². The lowest BCUT2D eigenvalue weighted by atomic mass is 10.1. The first-order chi connectivity index (χ1) is 7.61. The van der Waals surface area contributed by atoms with Crippen LogP contribution in [0.1, 0.15) is 72.6 Å². The molecule has 0 amide bonds. The third kappa shape index (κ3) is 7.72. The lowest BCUT2D eigenvalue weighted by molar-refractivity contribution is -0.153. The van der Waals surface area contributed by atoms with Crippen molar-refractivity contribution in [3.8, 4) is 0 Å². The number of unbranched alkanes of at least 4 members (excludes halogenated alkanes) is 3. The van der Waals surface area contributed by atoms with Crippen LogP contribution in [0.5, 0.6) is 0 Å². The van der Waals surface area contributed by atoms with Crippen molar-refractivity contribution < 1.29 is 9.53 Å². The lowest BCUT2D eigenvalue weighted by Gasteiger charge is -2.18. The Morgan fingerprint density at radius 1 is 1.00 bits per heavy atom. The minimum atomic E-state index is -0.0473. The van der Waals surface area contributed by atoms with Crippen molar-refractivity contribution in [1.29, 1.82) is 0 Å². The molecule has 0 radical (unpaired) electrons. The third-order valence-corrected chi connectivity index (χ3v) is 2.74. The summed E-state index contributed by atoms with van der Waals surface area (Å²) in [7, 11) is 0. The minimum Gasteiger partial charge on any atom is -0.462 e. The summed E-state index contributed by atoms with van der Waals surface area (Å²) in [4.78, 5) is 11.5. The maximum Gasteiger partial charge on any atom is 0.308 e. The summed E-state index contributed by atoms with van der Waals surface area (Å²) in [5, 5.41) is 0. The summed E-state index contributed by atoms with van der Waals surface area (Å²) in [6, 6.07) is 0. The molecule has 1 atom stereocenters. The average molecular weight is 228 g/mol. The van der Waals surface area contributed by atoms with Gasteiger partial charge in [0.1, 0.15) is 6.10 Å². The molecule has 0 aliphatic carbocycles. The largest absolute Gasteiger partial charge is 0.462 e. The van der Waals surface area contributed by atoms with Crippen LogP contribution in [-0.2, 0) is 9.53 Å². The zero-order valence-electron chi connectivity index (χ0n) is 11.4. The van der Waals surface area contributed by atoms with E-state index in [0.717, 1.165) is 19.3 Å². The first-order valence-electron chi connectivity index (χ1n) is 6.82. The number of hydrogen-bond donors (Lipinski definition) is 0. The van der Waals surface area contributed by atoms with Crippen molar-refractivity contribution in [2.45, 2.75) is 78.7 Å². The highest BCUT2D eigenvalue weighted by molar-refractivity contribution is 5.71. The van der Waals surface area contributed by atoms with Gasteiger partial charge in [-0.05, 0) is 19.3 Å². The van der Waals surface area contributed by atoms with Gasteiger partial charge in [0.15, 0.2) is 0 Å². The SMILES string of the molecule is CCCCCCC(CCC)OC(=O)C(C)C. The molecule has 0 saturated heterocycles. The van der Waals surface area contributed by atoms with E-state index in [9.17, 15) is 4.79 Å². The quantitative estimate of drug-likeness (QED) is 0.434. The van der Waals surface area contributed by atoms with E-state index in [2.05, 4.69) is 13.8 Å². The zero-order chi connectivity index (χ0) is 12.4. The second-order valence-electron chi connectivity index (χ2n) is 4.85. The van der Waals surface area contributed by atoms with Gasteiger partial charge in [0.25, 0.3) is 0 Å². The third-order valence-electron chi connectivity index (χ3n) is 2.74. The first kappa shape index (κ1) is 15.5. The Hall–Kier alpha value is -0.530. The number of hydrogen-bond acceptors (Lipinski definition) is 2. The Morgan fingerprint density at radius 3 is 2.19 bits per heavy atom. The number of carbonyl (C=O) groups is 1. The fourth-order valence-corrected chi connectivity index (χ4v) is 1.68. The van der Waals surface area contributed by atoms with E-state index in [1.165, 1.54) is 25.7 Å². The van der Waals surface area contributed by atoms with Gasteiger partial charge in [-0.1, -0.05) is 53.4 Å². The fourth-order valence-electron chi connectivity index (χ4n) is 1.68. The molecule has 0 spiro atoms. The average Bonchev–Trinajstić information content (AvgIpc) is 2.24. The van der Waals surface area contributed by atoms with Crippen LogP contribution in [0.25, 0.3) is 0 Å². The Balaban J connectivity index is 3.82. The number of esters is 1. The molecular formula is C14H28O2. The maximum absolute atomic E-state index is 11.5. The van der Waals surface area contributed by atoms with Crippen LogP contribution in [0.3, 0.4) is 0 Å². The fraction of sp³-hybridized carbons (Fsp3) is 0.929. The number of carbonyl (C=O) groups excluding carboxylic acids is 1. The normalized spacial score (nSPS) is 12.8. The lowest BCUT2D eigenvalue weighted by Crippen LogP contribution is -2.21. The zero-order valence-corrected chi connectivity index (χ0v) is 11.4. The van der Waals surface area contributed by atoms with Crippen LogP contribution in [0.2, 0.25) is 0 Å². The summed E-state index contributed by atoms with van der Waals surface area (Å²) in [5.74, 6) is -0.0519. The van der Waals surface area contributed by atoms with Crippen molar-refractivity contribution in [2.75, 3.05) is 0 Å². The summed E-state index contributed by atoms with van der Waals surface area (Å²) in [6.07, 6.45) is 8.26.